The van der Waals surface area contributed by atoms with Crippen molar-refractivity contribution in [1.29, 1.82) is 0 Å². The standard InChI is InChI=1S/C15H14O5/c16-11(9-19-14-7-3-1-5-12(14)17)10-20-15-8-4-2-6-13(15)18/h1-8,17-18H,9-10H2. The first-order valence-electron chi connectivity index (χ1n) is 6.00. The predicted molar refractivity (Wildman–Crippen MR) is 72.2 cm³/mol. The first-order chi connectivity index (χ1) is 9.66. The van der Waals surface area contributed by atoms with Crippen LogP contribution in [0.15, 0.2) is 48.5 Å². The maximum atomic E-state index is 11.6. The Morgan fingerprint density at radius 1 is 0.800 bits per heavy atom. The van der Waals surface area contributed by atoms with E-state index in [9.17, 15) is 15.0 Å². The minimum Gasteiger partial charge on any atom is -0.504 e. The van der Waals surface area contributed by atoms with Crippen LogP contribution in [0.1, 0.15) is 0 Å². The van der Waals surface area contributed by atoms with Gasteiger partial charge in [0.1, 0.15) is 0 Å². The number of Topliss-reactive ketones (excluding diaryl/α,β-unsaturated/α-hetero) is 1. The zero-order valence-electron chi connectivity index (χ0n) is 10.7. The van der Waals surface area contributed by atoms with Crippen molar-refractivity contribution in [2.45, 2.75) is 0 Å². The van der Waals surface area contributed by atoms with Crippen LogP contribution in [0.3, 0.4) is 0 Å². The van der Waals surface area contributed by atoms with Crippen molar-refractivity contribution < 1.29 is 24.5 Å². The lowest BCUT2D eigenvalue weighted by atomic mass is 10.3. The van der Waals surface area contributed by atoms with E-state index >= 15 is 0 Å². The Morgan fingerprint density at radius 3 is 1.60 bits per heavy atom. The van der Waals surface area contributed by atoms with Gasteiger partial charge in [-0.25, -0.2) is 0 Å². The molecule has 0 aliphatic carbocycles. The molecule has 0 atom stereocenters. The number of benzene rings is 2. The van der Waals surface area contributed by atoms with Gasteiger partial charge in [0.25, 0.3) is 0 Å². The molecular formula is C15H14O5. The van der Waals surface area contributed by atoms with Crippen LogP contribution in [0.4, 0.5) is 0 Å². The summed E-state index contributed by atoms with van der Waals surface area (Å²) in [5.41, 5.74) is 0. The number of rotatable bonds is 6. The second-order valence-corrected chi connectivity index (χ2v) is 4.05. The molecule has 0 fully saturated rings. The third-order valence-electron chi connectivity index (χ3n) is 2.51. The Balaban J connectivity index is 1.82. The summed E-state index contributed by atoms with van der Waals surface area (Å²) in [7, 11) is 0. The summed E-state index contributed by atoms with van der Waals surface area (Å²) in [5, 5.41) is 18.9. The molecule has 20 heavy (non-hydrogen) atoms. The number of aromatic hydroxyl groups is 2. The number of hydrogen-bond donors (Lipinski definition) is 2. The number of carbonyl (C=O) groups excluding carboxylic acids is 1. The van der Waals surface area contributed by atoms with Crippen molar-refractivity contribution in [2.24, 2.45) is 0 Å². The van der Waals surface area contributed by atoms with Crippen LogP contribution in [-0.4, -0.2) is 29.2 Å². The summed E-state index contributed by atoms with van der Waals surface area (Å²) in [6.45, 7) is -0.434. The molecule has 5 heteroatoms. The molecule has 0 bridgehead atoms. The molecule has 0 aliphatic heterocycles. The number of phenolic OH excluding ortho intramolecular Hbond substituents is 2. The molecular weight excluding hydrogens is 260 g/mol. The molecule has 0 aliphatic rings. The van der Waals surface area contributed by atoms with Gasteiger partial charge < -0.3 is 19.7 Å². The first-order valence-corrected chi connectivity index (χ1v) is 6.00. The monoisotopic (exact) mass is 274 g/mol. The second kappa shape index (κ2) is 6.47. The molecule has 0 saturated carbocycles. The van der Waals surface area contributed by atoms with Crippen LogP contribution in [0, 0.1) is 0 Å². The van der Waals surface area contributed by atoms with Crippen molar-refractivity contribution in [3.8, 4) is 23.0 Å². The van der Waals surface area contributed by atoms with Crippen LogP contribution in [-0.2, 0) is 4.79 Å². The normalized spacial score (nSPS) is 10.0. The maximum absolute atomic E-state index is 11.6. The highest BCUT2D eigenvalue weighted by Crippen LogP contribution is 2.25. The van der Waals surface area contributed by atoms with E-state index in [0.717, 1.165) is 0 Å². The molecule has 2 aromatic carbocycles. The van der Waals surface area contributed by atoms with Gasteiger partial charge in [0.15, 0.2) is 36.2 Å². The number of para-hydroxylation sites is 4. The van der Waals surface area contributed by atoms with Crippen LogP contribution >= 0.6 is 0 Å². The van der Waals surface area contributed by atoms with Crippen molar-refractivity contribution in [2.75, 3.05) is 13.2 Å². The number of carbonyl (C=O) groups is 1. The molecule has 2 N–H and O–H groups in total. The molecule has 0 unspecified atom stereocenters. The molecule has 2 rings (SSSR count). The van der Waals surface area contributed by atoms with E-state index in [1.165, 1.54) is 12.1 Å². The fourth-order valence-electron chi connectivity index (χ4n) is 1.52. The first kappa shape index (κ1) is 13.7. The summed E-state index contributed by atoms with van der Waals surface area (Å²) >= 11 is 0. The van der Waals surface area contributed by atoms with Gasteiger partial charge in [-0.3, -0.25) is 4.79 Å². The highest BCUT2D eigenvalue weighted by Gasteiger charge is 2.08. The van der Waals surface area contributed by atoms with E-state index in [0.29, 0.717) is 0 Å². The molecule has 0 heterocycles. The fourth-order valence-corrected chi connectivity index (χ4v) is 1.52. The smallest absolute Gasteiger partial charge is 0.207 e. The summed E-state index contributed by atoms with van der Waals surface area (Å²) in [4.78, 5) is 11.6. The Morgan fingerprint density at radius 2 is 1.20 bits per heavy atom. The maximum Gasteiger partial charge on any atom is 0.207 e. The van der Waals surface area contributed by atoms with Gasteiger partial charge in [0.2, 0.25) is 5.78 Å². The second-order valence-electron chi connectivity index (χ2n) is 4.05. The number of hydrogen-bond acceptors (Lipinski definition) is 5. The van der Waals surface area contributed by atoms with Gasteiger partial charge in [-0.15, -0.1) is 0 Å². The van der Waals surface area contributed by atoms with E-state index in [2.05, 4.69) is 0 Å². The average Bonchev–Trinajstić information content (AvgIpc) is 2.45. The Bertz CT molecular complexity index is 543. The van der Waals surface area contributed by atoms with Gasteiger partial charge in [0, 0.05) is 0 Å². The van der Waals surface area contributed by atoms with Crippen molar-refractivity contribution in [3.63, 3.8) is 0 Å². The lowest BCUT2D eigenvalue weighted by Crippen LogP contribution is -2.19. The van der Waals surface area contributed by atoms with E-state index < -0.39 is 0 Å². The average molecular weight is 274 g/mol. The molecule has 2 aromatic rings. The molecule has 0 amide bonds. The predicted octanol–water partition coefficient (Wildman–Crippen LogP) is 2.12. The molecule has 0 saturated heterocycles. The van der Waals surface area contributed by atoms with Crippen molar-refractivity contribution >= 4 is 5.78 Å². The van der Waals surface area contributed by atoms with Gasteiger partial charge in [-0.2, -0.15) is 0 Å². The Labute approximate surface area is 116 Å². The highest BCUT2D eigenvalue weighted by atomic mass is 16.5. The molecule has 104 valence electrons. The van der Waals surface area contributed by atoms with Gasteiger partial charge in [-0.05, 0) is 24.3 Å². The number of ketones is 1. The summed E-state index contributed by atoms with van der Waals surface area (Å²) < 4.78 is 10.4. The lowest BCUT2D eigenvalue weighted by molar-refractivity contribution is -0.123. The zero-order valence-corrected chi connectivity index (χ0v) is 10.7. The zero-order chi connectivity index (χ0) is 14.4. The van der Waals surface area contributed by atoms with E-state index in [1.807, 2.05) is 0 Å². The summed E-state index contributed by atoms with van der Waals surface area (Å²) in [6.07, 6.45) is 0. The van der Waals surface area contributed by atoms with Crippen LogP contribution in [0.2, 0.25) is 0 Å². The molecule has 5 nitrogen and oxygen atoms in total. The molecule has 0 spiro atoms. The lowest BCUT2D eigenvalue weighted by Gasteiger charge is -2.09. The minimum atomic E-state index is -0.309. The third kappa shape index (κ3) is 3.65. The van der Waals surface area contributed by atoms with Crippen molar-refractivity contribution in [1.82, 2.24) is 0 Å². The fraction of sp³-hybridized carbons (Fsp3) is 0.133. The quantitative estimate of drug-likeness (QED) is 0.843. The topological polar surface area (TPSA) is 76.0 Å². The van der Waals surface area contributed by atoms with Gasteiger partial charge in [0.05, 0.1) is 0 Å². The van der Waals surface area contributed by atoms with Gasteiger partial charge >= 0.3 is 0 Å². The minimum absolute atomic E-state index is 0.0260. The van der Waals surface area contributed by atoms with Crippen LogP contribution in [0.5, 0.6) is 23.0 Å². The summed E-state index contributed by atoms with van der Waals surface area (Å²) in [6, 6.07) is 12.8. The highest BCUT2D eigenvalue weighted by molar-refractivity contribution is 5.81. The van der Waals surface area contributed by atoms with Gasteiger partial charge in [-0.1, -0.05) is 24.3 Å². The largest absolute Gasteiger partial charge is 0.504 e. The summed E-state index contributed by atoms with van der Waals surface area (Å²) in [5.74, 6) is 0.118. The van der Waals surface area contributed by atoms with E-state index in [1.54, 1.807) is 36.4 Å². The van der Waals surface area contributed by atoms with Crippen LogP contribution in [0.25, 0.3) is 0 Å². The van der Waals surface area contributed by atoms with E-state index in [4.69, 9.17) is 9.47 Å². The van der Waals surface area contributed by atoms with Crippen molar-refractivity contribution in [3.05, 3.63) is 48.5 Å². The third-order valence-corrected chi connectivity index (χ3v) is 2.51. The Kier molecular flexibility index (Phi) is 4.44. The van der Waals surface area contributed by atoms with Crippen LogP contribution < -0.4 is 9.47 Å². The molecule has 0 aromatic heterocycles. The number of phenols is 2. The number of ether oxygens (including phenoxy) is 2. The SMILES string of the molecule is O=C(COc1ccccc1O)COc1ccccc1O. The van der Waals surface area contributed by atoms with E-state index in [-0.39, 0.29) is 42.0 Å². The molecule has 0 radical (unpaired) electrons. The Hall–Kier alpha value is -2.69.